The molecular formula is C23H27N3O4. The molecule has 30 heavy (non-hydrogen) atoms. The monoisotopic (exact) mass is 409 g/mol. The summed E-state index contributed by atoms with van der Waals surface area (Å²) >= 11 is 0. The van der Waals surface area contributed by atoms with Crippen molar-refractivity contribution in [3.8, 4) is 17.2 Å². The van der Waals surface area contributed by atoms with Crippen LogP contribution in [0.4, 0.5) is 0 Å². The number of aromatic nitrogens is 1. The van der Waals surface area contributed by atoms with Crippen molar-refractivity contribution in [1.29, 1.82) is 0 Å². The van der Waals surface area contributed by atoms with E-state index in [0.717, 1.165) is 36.1 Å². The summed E-state index contributed by atoms with van der Waals surface area (Å²) in [6.45, 7) is 3.68. The predicted molar refractivity (Wildman–Crippen MR) is 116 cm³/mol. The molecule has 1 amide bonds. The molecule has 0 radical (unpaired) electrons. The van der Waals surface area contributed by atoms with Crippen LogP contribution in [0, 0.1) is 0 Å². The van der Waals surface area contributed by atoms with Crippen molar-refractivity contribution in [2.75, 3.05) is 47.5 Å². The number of rotatable bonds is 6. The molecule has 1 aliphatic rings. The number of para-hydroxylation sites is 1. The quantitative estimate of drug-likeness (QED) is 0.678. The number of ether oxygens (including phenoxy) is 3. The minimum Gasteiger partial charge on any atom is -0.493 e. The lowest BCUT2D eigenvalue weighted by atomic mass is 10.1. The Kier molecular flexibility index (Phi) is 5.81. The zero-order valence-electron chi connectivity index (χ0n) is 17.6. The van der Waals surface area contributed by atoms with E-state index < -0.39 is 0 Å². The molecule has 1 aliphatic heterocycles. The van der Waals surface area contributed by atoms with Gasteiger partial charge in [-0.1, -0.05) is 24.3 Å². The second kappa shape index (κ2) is 8.67. The van der Waals surface area contributed by atoms with E-state index in [4.69, 9.17) is 14.2 Å². The number of aromatic amines is 1. The number of H-pyrrole nitrogens is 1. The van der Waals surface area contributed by atoms with Crippen LogP contribution in [-0.2, 0) is 6.54 Å². The maximum absolute atomic E-state index is 12.9. The van der Waals surface area contributed by atoms with E-state index in [0.29, 0.717) is 36.0 Å². The van der Waals surface area contributed by atoms with Gasteiger partial charge in [0.1, 0.15) is 5.69 Å². The second-order valence-electron chi connectivity index (χ2n) is 7.33. The van der Waals surface area contributed by atoms with E-state index in [1.807, 2.05) is 47.4 Å². The van der Waals surface area contributed by atoms with E-state index in [-0.39, 0.29) is 5.91 Å². The maximum atomic E-state index is 12.9. The summed E-state index contributed by atoms with van der Waals surface area (Å²) in [6.07, 6.45) is 0. The zero-order chi connectivity index (χ0) is 21.1. The summed E-state index contributed by atoms with van der Waals surface area (Å²) < 4.78 is 16.4. The number of benzene rings is 2. The Morgan fingerprint density at radius 2 is 1.67 bits per heavy atom. The van der Waals surface area contributed by atoms with Crippen LogP contribution in [-0.4, -0.2) is 68.2 Å². The first-order valence-electron chi connectivity index (χ1n) is 10.0. The highest BCUT2D eigenvalue weighted by atomic mass is 16.5. The summed E-state index contributed by atoms with van der Waals surface area (Å²) in [5.41, 5.74) is 2.66. The van der Waals surface area contributed by atoms with Crippen molar-refractivity contribution in [3.63, 3.8) is 0 Å². The Morgan fingerprint density at radius 3 is 2.33 bits per heavy atom. The zero-order valence-corrected chi connectivity index (χ0v) is 17.6. The lowest BCUT2D eigenvalue weighted by Crippen LogP contribution is -2.48. The molecule has 0 atom stereocenters. The molecule has 1 N–H and O–H groups in total. The number of nitrogens with one attached hydrogen (secondary N) is 1. The van der Waals surface area contributed by atoms with Gasteiger partial charge in [-0.2, -0.15) is 0 Å². The molecule has 4 rings (SSSR count). The fourth-order valence-corrected chi connectivity index (χ4v) is 4.00. The molecular weight excluding hydrogens is 382 g/mol. The Hall–Kier alpha value is -3.19. The summed E-state index contributed by atoms with van der Waals surface area (Å²) in [5, 5.41) is 1.06. The fraction of sp³-hybridized carbons (Fsp3) is 0.348. The van der Waals surface area contributed by atoms with Gasteiger partial charge in [0.2, 0.25) is 5.75 Å². The number of amides is 1. The van der Waals surface area contributed by atoms with Crippen molar-refractivity contribution >= 4 is 16.8 Å². The van der Waals surface area contributed by atoms with Crippen LogP contribution < -0.4 is 14.2 Å². The first-order valence-corrected chi connectivity index (χ1v) is 10.0. The topological polar surface area (TPSA) is 67.0 Å². The molecule has 0 bridgehead atoms. The molecule has 2 aromatic carbocycles. The smallest absolute Gasteiger partial charge is 0.270 e. The molecule has 7 nitrogen and oxygen atoms in total. The summed E-state index contributed by atoms with van der Waals surface area (Å²) in [6, 6.07) is 13.8. The van der Waals surface area contributed by atoms with Crippen molar-refractivity contribution in [3.05, 3.63) is 53.7 Å². The van der Waals surface area contributed by atoms with Crippen molar-refractivity contribution in [2.24, 2.45) is 0 Å². The van der Waals surface area contributed by atoms with E-state index in [1.54, 1.807) is 21.3 Å². The van der Waals surface area contributed by atoms with E-state index in [2.05, 4.69) is 9.88 Å². The molecule has 1 aromatic heterocycles. The average molecular weight is 409 g/mol. The van der Waals surface area contributed by atoms with E-state index in [1.165, 1.54) is 0 Å². The fourth-order valence-electron chi connectivity index (χ4n) is 4.00. The summed E-state index contributed by atoms with van der Waals surface area (Å²) in [4.78, 5) is 20.4. The van der Waals surface area contributed by atoms with Gasteiger partial charge in [-0.25, -0.2) is 0 Å². The molecule has 3 aromatic rings. The van der Waals surface area contributed by atoms with Gasteiger partial charge in [-0.15, -0.1) is 0 Å². The number of hydrogen-bond donors (Lipinski definition) is 1. The van der Waals surface area contributed by atoms with Crippen molar-refractivity contribution in [2.45, 2.75) is 6.54 Å². The van der Waals surface area contributed by atoms with Gasteiger partial charge >= 0.3 is 0 Å². The highest BCUT2D eigenvalue weighted by Crippen LogP contribution is 2.40. The average Bonchev–Trinajstić information content (AvgIpc) is 3.23. The first kappa shape index (κ1) is 20.1. The largest absolute Gasteiger partial charge is 0.493 e. The van der Waals surface area contributed by atoms with Crippen LogP contribution in [0.2, 0.25) is 0 Å². The molecule has 2 heterocycles. The minimum atomic E-state index is 0.0505. The van der Waals surface area contributed by atoms with Crippen LogP contribution >= 0.6 is 0 Å². The lowest BCUT2D eigenvalue weighted by Gasteiger charge is -2.34. The number of carbonyl (C=O) groups is 1. The van der Waals surface area contributed by atoms with Crippen LogP contribution in [0.15, 0.2) is 42.5 Å². The van der Waals surface area contributed by atoms with Gasteiger partial charge < -0.3 is 24.1 Å². The van der Waals surface area contributed by atoms with Gasteiger partial charge in [0.15, 0.2) is 11.5 Å². The van der Waals surface area contributed by atoms with Crippen LogP contribution in [0.25, 0.3) is 10.9 Å². The second-order valence-corrected chi connectivity index (χ2v) is 7.33. The molecule has 0 unspecified atom stereocenters. The predicted octanol–water partition coefficient (Wildman–Crippen LogP) is 3.15. The molecule has 0 aliphatic carbocycles. The first-order chi connectivity index (χ1) is 14.6. The number of nitrogens with zero attached hydrogens (tertiary/aromatic N) is 2. The van der Waals surface area contributed by atoms with E-state index >= 15 is 0 Å². The number of fused-ring (bicyclic) bond motifs is 1. The van der Waals surface area contributed by atoms with Crippen LogP contribution in [0.5, 0.6) is 17.2 Å². The highest BCUT2D eigenvalue weighted by molar-refractivity contribution is 5.98. The number of methoxy groups -OCH3 is 3. The Bertz CT molecular complexity index is 1010. The Balaban J connectivity index is 1.42. The van der Waals surface area contributed by atoms with E-state index in [9.17, 15) is 4.79 Å². The molecule has 158 valence electrons. The Labute approximate surface area is 176 Å². The van der Waals surface area contributed by atoms with Gasteiger partial charge in [-0.05, 0) is 18.2 Å². The van der Waals surface area contributed by atoms with Gasteiger partial charge in [0, 0.05) is 49.2 Å². The van der Waals surface area contributed by atoms with Gasteiger partial charge in [0.05, 0.1) is 21.3 Å². The maximum Gasteiger partial charge on any atom is 0.270 e. The third-order valence-corrected chi connectivity index (χ3v) is 5.60. The molecule has 0 spiro atoms. The standard InChI is InChI=1S/C23H27N3O4/c1-28-20-9-8-17(21(29-2)22(20)30-3)15-25-10-12-26(13-11-25)23(27)19-14-16-6-4-5-7-18(16)24-19/h4-9,14,24H,10-13,15H2,1-3H3. The number of carbonyl (C=O) groups excluding carboxylic acids is 1. The normalized spacial score (nSPS) is 14.7. The SMILES string of the molecule is COc1ccc(CN2CCN(C(=O)c3cc4ccccc4[nH]3)CC2)c(OC)c1OC. The molecule has 1 saturated heterocycles. The van der Waals surface area contributed by atoms with Crippen molar-refractivity contribution in [1.82, 2.24) is 14.8 Å². The highest BCUT2D eigenvalue weighted by Gasteiger charge is 2.25. The third kappa shape index (κ3) is 3.80. The third-order valence-electron chi connectivity index (χ3n) is 5.60. The van der Waals surface area contributed by atoms with Crippen LogP contribution in [0.1, 0.15) is 16.1 Å². The lowest BCUT2D eigenvalue weighted by molar-refractivity contribution is 0.0622. The molecule has 1 fully saturated rings. The van der Waals surface area contributed by atoms with Gasteiger partial charge in [0.25, 0.3) is 5.91 Å². The van der Waals surface area contributed by atoms with Crippen molar-refractivity contribution < 1.29 is 19.0 Å². The number of hydrogen-bond acceptors (Lipinski definition) is 5. The van der Waals surface area contributed by atoms with Crippen LogP contribution in [0.3, 0.4) is 0 Å². The molecule has 0 saturated carbocycles. The minimum absolute atomic E-state index is 0.0505. The summed E-state index contributed by atoms with van der Waals surface area (Å²) in [7, 11) is 4.86. The van der Waals surface area contributed by atoms with Gasteiger partial charge in [-0.3, -0.25) is 9.69 Å². The number of piperazine rings is 1. The molecule has 7 heteroatoms. The Morgan fingerprint density at radius 1 is 0.933 bits per heavy atom. The summed E-state index contributed by atoms with van der Waals surface area (Å²) in [5.74, 6) is 1.99.